The molecule has 1 aliphatic carbocycles. The van der Waals surface area contributed by atoms with Gasteiger partial charge in [-0.3, -0.25) is 0 Å². The van der Waals surface area contributed by atoms with E-state index >= 15 is 0 Å². The Hall–Kier alpha value is -10.2. The third-order valence-corrected chi connectivity index (χ3v) is 15.8. The Morgan fingerprint density at radius 3 is 1.21 bits per heavy atom. The lowest BCUT2D eigenvalue weighted by molar-refractivity contribution is 0.446. The number of aromatic amines is 4. The summed E-state index contributed by atoms with van der Waals surface area (Å²) in [6, 6.07) is 75.0. The predicted octanol–water partition coefficient (Wildman–Crippen LogP) is 16.5. The maximum atomic E-state index is 5.24. The zero-order valence-corrected chi connectivity index (χ0v) is 42.4. The minimum Gasteiger partial charge on any atom is -0.355 e. The summed E-state index contributed by atoms with van der Waals surface area (Å²) in [7, 11) is 0. The van der Waals surface area contributed by atoms with E-state index in [1.165, 1.54) is 27.8 Å². The standard InChI is InChI=1S/C70H50N8/c1-5-13-44(14-6-1)65-43-63(62-39-60-37-56-27-25-52(73-56)33-48-21-23-50(71-48)35-54-29-31-58(75-54)41-66(62)77-60)68(69(45-15-7-2-8-16-45)70(65,46-17-9-3-10-18-46)47-19-11-4-12-20-47)64-40-61-38-57-28-26-53(74-57)34-49-22-24-51(72-49)36-55-30-32-59(76-55)42-67(64)78-61/h1-42,63,65,71-72,77-78H,43H2. The average Bonchev–Trinajstić information content (AvgIpc) is 4.40. The van der Waals surface area contributed by atoms with E-state index < -0.39 is 5.41 Å². The van der Waals surface area contributed by atoms with Crippen molar-refractivity contribution in [2.24, 2.45) is 0 Å². The lowest BCUT2D eigenvalue weighted by atomic mass is 9.51. The number of aromatic nitrogens is 8. The van der Waals surface area contributed by atoms with Crippen LogP contribution in [-0.2, 0) is 5.41 Å². The molecule has 16 bridgehead atoms. The highest BCUT2D eigenvalue weighted by Crippen LogP contribution is 2.64. The zero-order valence-electron chi connectivity index (χ0n) is 42.4. The van der Waals surface area contributed by atoms with E-state index in [0.29, 0.717) is 0 Å². The molecule has 2 unspecified atom stereocenters. The number of allylic oxidation sites excluding steroid dienone is 2. The summed E-state index contributed by atoms with van der Waals surface area (Å²) < 4.78 is 0. The molecule has 2 atom stereocenters. The zero-order chi connectivity index (χ0) is 51.6. The van der Waals surface area contributed by atoms with Crippen LogP contribution < -0.4 is 0 Å². The molecule has 6 aromatic heterocycles. The van der Waals surface area contributed by atoms with Crippen LogP contribution in [0.1, 0.15) is 97.2 Å². The Bertz CT molecular complexity index is 4490. The fourth-order valence-electron chi connectivity index (χ4n) is 12.6. The molecule has 0 radical (unpaired) electrons. The molecular formula is C70H50N8. The number of H-pyrrole nitrogens is 4. The summed E-state index contributed by atoms with van der Waals surface area (Å²) in [4.78, 5) is 35.7. The fraction of sp³-hybridized carbons (Fsp3) is 0.0571. The monoisotopic (exact) mass is 1000 g/mol. The smallest absolute Gasteiger partial charge is 0.0658 e. The molecule has 4 aromatic carbocycles. The van der Waals surface area contributed by atoms with E-state index in [4.69, 9.17) is 19.9 Å². The van der Waals surface area contributed by atoms with Crippen LogP contribution in [-0.4, -0.2) is 39.9 Å². The van der Waals surface area contributed by atoms with Gasteiger partial charge in [0.1, 0.15) is 0 Å². The van der Waals surface area contributed by atoms with Crippen LogP contribution in [0.25, 0.3) is 104 Å². The molecule has 0 saturated carbocycles. The third-order valence-electron chi connectivity index (χ3n) is 15.8. The molecule has 10 aromatic rings. The van der Waals surface area contributed by atoms with Gasteiger partial charge in [0.25, 0.3) is 0 Å². The molecule has 4 aliphatic heterocycles. The van der Waals surface area contributed by atoms with E-state index in [1.807, 2.05) is 0 Å². The van der Waals surface area contributed by atoms with E-state index in [9.17, 15) is 0 Å². The fourth-order valence-corrected chi connectivity index (χ4v) is 12.6. The first-order valence-corrected chi connectivity index (χ1v) is 26.6. The summed E-state index contributed by atoms with van der Waals surface area (Å²) in [6.45, 7) is 0. The normalized spacial score (nSPS) is 16.3. The second-order valence-corrected chi connectivity index (χ2v) is 20.7. The lowest BCUT2D eigenvalue weighted by Crippen LogP contribution is -2.41. The van der Waals surface area contributed by atoms with Crippen molar-refractivity contribution >= 4 is 104 Å². The van der Waals surface area contributed by atoms with Crippen molar-refractivity contribution in [1.82, 2.24) is 39.9 Å². The SMILES string of the molecule is C1=Cc2cc3cc(C4=C(c5ccccc5)C(c5ccccc5)(c5ccccc5)C(c5ccccc5)CC4c4cc5cc6nc(cc7ccc(cc8nc(cc4[nH]5)C=C8)[nH]7)C=C6)c(cc4nc(cc5ccc(cc1n2)[nH]5)C=C4)[nH]3. The summed E-state index contributed by atoms with van der Waals surface area (Å²) in [6.07, 6.45) is 17.5. The molecule has 8 heteroatoms. The molecule has 10 heterocycles. The molecule has 0 fully saturated rings. The van der Waals surface area contributed by atoms with Gasteiger partial charge in [-0.05, 0) is 179 Å². The van der Waals surface area contributed by atoms with E-state index in [0.717, 1.165) is 113 Å². The molecule has 0 spiro atoms. The Balaban J connectivity index is 1.12. The Morgan fingerprint density at radius 2 is 0.731 bits per heavy atom. The van der Waals surface area contributed by atoms with Gasteiger partial charge in [-0.1, -0.05) is 121 Å². The van der Waals surface area contributed by atoms with Crippen LogP contribution >= 0.6 is 0 Å². The number of nitrogens with one attached hydrogen (secondary N) is 4. The van der Waals surface area contributed by atoms with Gasteiger partial charge < -0.3 is 19.9 Å². The molecule has 15 rings (SSSR count). The maximum Gasteiger partial charge on any atom is 0.0658 e. The molecular weight excluding hydrogens is 953 g/mol. The summed E-state index contributed by atoms with van der Waals surface area (Å²) in [5.41, 5.74) is 23.5. The van der Waals surface area contributed by atoms with Gasteiger partial charge in [0.05, 0.1) is 51.0 Å². The molecule has 8 nitrogen and oxygen atoms in total. The van der Waals surface area contributed by atoms with E-state index in [1.54, 1.807) is 0 Å². The molecule has 370 valence electrons. The first-order chi connectivity index (χ1) is 38.5. The lowest BCUT2D eigenvalue weighted by Gasteiger charge is -2.51. The van der Waals surface area contributed by atoms with Crippen LogP contribution in [0, 0.1) is 0 Å². The number of benzene rings is 4. The topological polar surface area (TPSA) is 115 Å². The van der Waals surface area contributed by atoms with Crippen molar-refractivity contribution in [2.45, 2.75) is 23.7 Å². The van der Waals surface area contributed by atoms with Crippen molar-refractivity contribution in [3.8, 4) is 0 Å². The second kappa shape index (κ2) is 18.6. The molecule has 0 saturated heterocycles. The van der Waals surface area contributed by atoms with Gasteiger partial charge in [0.2, 0.25) is 0 Å². The second-order valence-electron chi connectivity index (χ2n) is 20.7. The number of nitrogens with zero attached hydrogens (tertiary/aromatic N) is 4. The van der Waals surface area contributed by atoms with Gasteiger partial charge in [0, 0.05) is 61.5 Å². The van der Waals surface area contributed by atoms with Crippen molar-refractivity contribution < 1.29 is 0 Å². The van der Waals surface area contributed by atoms with E-state index in [2.05, 4.69) is 275 Å². The highest BCUT2D eigenvalue weighted by molar-refractivity contribution is 6.06. The molecule has 78 heavy (non-hydrogen) atoms. The van der Waals surface area contributed by atoms with Gasteiger partial charge in [-0.2, -0.15) is 0 Å². The number of fused-ring (bicyclic) bond motifs is 16. The minimum atomic E-state index is -0.721. The first-order valence-electron chi connectivity index (χ1n) is 26.6. The van der Waals surface area contributed by atoms with Crippen molar-refractivity contribution in [3.05, 3.63) is 285 Å². The Labute approximate surface area is 450 Å². The number of hydrogen-bond donors (Lipinski definition) is 4. The maximum absolute atomic E-state index is 5.24. The van der Waals surface area contributed by atoms with Crippen molar-refractivity contribution in [3.63, 3.8) is 0 Å². The van der Waals surface area contributed by atoms with E-state index in [-0.39, 0.29) is 11.8 Å². The molecule has 0 amide bonds. The van der Waals surface area contributed by atoms with Gasteiger partial charge in [0.15, 0.2) is 0 Å². The summed E-state index contributed by atoms with van der Waals surface area (Å²) in [5, 5.41) is 0. The van der Waals surface area contributed by atoms with Crippen LogP contribution in [0.2, 0.25) is 0 Å². The predicted molar refractivity (Wildman–Crippen MR) is 321 cm³/mol. The van der Waals surface area contributed by atoms with Crippen LogP contribution in [0.4, 0.5) is 0 Å². The highest BCUT2D eigenvalue weighted by Gasteiger charge is 2.53. The molecule has 4 N–H and O–H groups in total. The van der Waals surface area contributed by atoms with Crippen LogP contribution in [0.5, 0.6) is 0 Å². The highest BCUT2D eigenvalue weighted by atomic mass is 14.8. The van der Waals surface area contributed by atoms with Crippen molar-refractivity contribution in [2.75, 3.05) is 0 Å². The largest absolute Gasteiger partial charge is 0.355 e. The van der Waals surface area contributed by atoms with Gasteiger partial charge >= 0.3 is 0 Å². The Kier molecular flexibility index (Phi) is 10.8. The summed E-state index contributed by atoms with van der Waals surface area (Å²) in [5.74, 6) is -0.269. The van der Waals surface area contributed by atoms with Gasteiger partial charge in [-0.15, -0.1) is 0 Å². The quantitative estimate of drug-likeness (QED) is 0.133. The summed E-state index contributed by atoms with van der Waals surface area (Å²) >= 11 is 0. The first kappa shape index (κ1) is 45.2. The minimum absolute atomic E-state index is 0.0684. The van der Waals surface area contributed by atoms with Crippen LogP contribution in [0.15, 0.2) is 206 Å². The van der Waals surface area contributed by atoms with Crippen LogP contribution in [0.3, 0.4) is 0 Å². The van der Waals surface area contributed by atoms with Crippen molar-refractivity contribution in [1.29, 1.82) is 0 Å². The Morgan fingerprint density at radius 1 is 0.346 bits per heavy atom. The average molecular weight is 1000 g/mol. The third kappa shape index (κ3) is 8.18. The van der Waals surface area contributed by atoms with Gasteiger partial charge in [-0.25, -0.2) is 19.9 Å². The number of rotatable bonds is 6. The molecule has 5 aliphatic rings. The number of hydrogen-bond acceptors (Lipinski definition) is 4.